The average Bonchev–Trinajstić information content (AvgIpc) is 2.96. The van der Waals surface area contributed by atoms with Crippen molar-refractivity contribution < 1.29 is 23.8 Å². The molecule has 2 rings (SSSR count). The number of hydrogen-bond donors (Lipinski definition) is 1. The third kappa shape index (κ3) is 4.29. The molecule has 0 saturated carbocycles. The molecule has 1 N–H and O–H groups in total. The van der Waals surface area contributed by atoms with Gasteiger partial charge in [-0.3, -0.25) is 4.79 Å². The lowest BCUT2D eigenvalue weighted by Crippen LogP contribution is -2.29. The van der Waals surface area contributed by atoms with Crippen molar-refractivity contribution in [2.75, 3.05) is 19.8 Å². The molecule has 1 aromatic heterocycles. The number of thiophene rings is 1. The molecule has 0 spiro atoms. The molecule has 0 atom stereocenters. The first kappa shape index (κ1) is 13.4. The van der Waals surface area contributed by atoms with Crippen LogP contribution in [0.25, 0.3) is 0 Å². The van der Waals surface area contributed by atoms with E-state index >= 15 is 0 Å². The van der Waals surface area contributed by atoms with Crippen LogP contribution in [0, 0.1) is 0 Å². The van der Waals surface area contributed by atoms with E-state index < -0.39 is 5.97 Å². The molecule has 102 valence electrons. The van der Waals surface area contributed by atoms with E-state index in [9.17, 15) is 9.59 Å². The van der Waals surface area contributed by atoms with E-state index in [-0.39, 0.29) is 18.3 Å². The highest BCUT2D eigenvalue weighted by atomic mass is 32.1. The topological polar surface area (TPSA) is 73.9 Å². The lowest BCUT2D eigenvalue weighted by Gasteiger charge is -2.14. The zero-order valence-corrected chi connectivity index (χ0v) is 10.9. The second-order valence-electron chi connectivity index (χ2n) is 3.63. The summed E-state index contributed by atoms with van der Waals surface area (Å²) in [6.45, 7) is 0.783. The van der Waals surface area contributed by atoms with Crippen molar-refractivity contribution in [1.29, 1.82) is 0 Å². The van der Waals surface area contributed by atoms with Gasteiger partial charge in [-0.2, -0.15) is 0 Å². The minimum absolute atomic E-state index is 0.0164. The maximum Gasteiger partial charge on any atom is 0.377 e. The number of nitrogens with one attached hydrogen (secondary N) is 1. The Balaban J connectivity index is 1.68. The standard InChI is InChI=1S/C12H13NO5S/c14-11(13-6-9-2-1-5-19-9)8-18-12(15)10-7-16-3-4-17-10/h1-2,5,7H,3-4,6,8H2,(H,13,14). The first-order chi connectivity index (χ1) is 9.25. The number of ether oxygens (including phenoxy) is 3. The molecule has 0 unspecified atom stereocenters. The van der Waals surface area contributed by atoms with Gasteiger partial charge in [0.1, 0.15) is 19.5 Å². The molecule has 0 radical (unpaired) electrons. The van der Waals surface area contributed by atoms with Gasteiger partial charge in [0.2, 0.25) is 5.76 Å². The summed E-state index contributed by atoms with van der Waals surface area (Å²) >= 11 is 1.54. The Morgan fingerprint density at radius 2 is 2.32 bits per heavy atom. The highest BCUT2D eigenvalue weighted by molar-refractivity contribution is 7.09. The maximum atomic E-state index is 11.5. The van der Waals surface area contributed by atoms with Gasteiger partial charge in [-0.05, 0) is 11.4 Å². The number of amides is 1. The van der Waals surface area contributed by atoms with Gasteiger partial charge < -0.3 is 19.5 Å². The SMILES string of the molecule is O=C(COC(=O)C1=COCCO1)NCc1cccs1. The Morgan fingerprint density at radius 1 is 1.42 bits per heavy atom. The largest absolute Gasteiger partial charge is 0.493 e. The van der Waals surface area contributed by atoms with E-state index in [0.29, 0.717) is 19.8 Å². The zero-order valence-electron chi connectivity index (χ0n) is 10.1. The lowest BCUT2D eigenvalue weighted by atomic mass is 10.4. The monoisotopic (exact) mass is 283 g/mol. The Kier molecular flexibility index (Phi) is 4.79. The van der Waals surface area contributed by atoms with Gasteiger partial charge >= 0.3 is 5.97 Å². The lowest BCUT2D eigenvalue weighted by molar-refractivity contribution is -0.149. The predicted molar refractivity (Wildman–Crippen MR) is 67.1 cm³/mol. The van der Waals surface area contributed by atoms with E-state index in [1.807, 2.05) is 17.5 Å². The number of esters is 1. The molecule has 0 saturated heterocycles. The molecular formula is C12H13NO5S. The Morgan fingerprint density at radius 3 is 3.00 bits per heavy atom. The number of rotatable bonds is 5. The van der Waals surface area contributed by atoms with Crippen molar-refractivity contribution in [2.24, 2.45) is 0 Å². The molecule has 0 bridgehead atoms. The third-order valence-corrected chi connectivity index (χ3v) is 3.10. The summed E-state index contributed by atoms with van der Waals surface area (Å²) in [7, 11) is 0. The van der Waals surface area contributed by atoms with Gasteiger partial charge in [0, 0.05) is 4.88 Å². The van der Waals surface area contributed by atoms with Crippen molar-refractivity contribution in [2.45, 2.75) is 6.54 Å². The highest BCUT2D eigenvalue weighted by Gasteiger charge is 2.17. The Hall–Kier alpha value is -2.02. The number of carbonyl (C=O) groups is 2. The summed E-state index contributed by atoms with van der Waals surface area (Å²) in [4.78, 5) is 23.9. The Labute approximate surface area is 114 Å². The molecule has 1 amide bonds. The van der Waals surface area contributed by atoms with Gasteiger partial charge in [-0.1, -0.05) is 6.07 Å². The molecule has 19 heavy (non-hydrogen) atoms. The quantitative estimate of drug-likeness (QED) is 0.809. The van der Waals surface area contributed by atoms with Crippen molar-refractivity contribution in [1.82, 2.24) is 5.32 Å². The average molecular weight is 283 g/mol. The molecule has 1 aromatic rings. The van der Waals surface area contributed by atoms with Crippen LogP contribution in [0.3, 0.4) is 0 Å². The second kappa shape index (κ2) is 6.79. The summed E-state index contributed by atoms with van der Waals surface area (Å²) in [6, 6.07) is 3.81. The van der Waals surface area contributed by atoms with E-state index in [1.54, 1.807) is 11.3 Å². The fraction of sp³-hybridized carbons (Fsp3) is 0.333. The van der Waals surface area contributed by atoms with Crippen LogP contribution in [0.4, 0.5) is 0 Å². The summed E-state index contributed by atoms with van der Waals surface area (Å²) < 4.78 is 14.7. The van der Waals surface area contributed by atoms with Crippen LogP contribution in [-0.2, 0) is 30.3 Å². The van der Waals surface area contributed by atoms with E-state index in [1.165, 1.54) is 6.26 Å². The molecule has 6 nitrogen and oxygen atoms in total. The van der Waals surface area contributed by atoms with Gasteiger partial charge in [0.25, 0.3) is 5.91 Å². The van der Waals surface area contributed by atoms with E-state index in [0.717, 1.165) is 4.88 Å². The van der Waals surface area contributed by atoms with Crippen LogP contribution < -0.4 is 5.32 Å². The van der Waals surface area contributed by atoms with Gasteiger partial charge in [-0.25, -0.2) is 4.79 Å². The minimum atomic E-state index is -0.703. The molecular weight excluding hydrogens is 270 g/mol. The third-order valence-electron chi connectivity index (χ3n) is 2.22. The first-order valence-electron chi connectivity index (χ1n) is 5.66. The van der Waals surface area contributed by atoms with Crippen LogP contribution in [-0.4, -0.2) is 31.7 Å². The van der Waals surface area contributed by atoms with Crippen molar-refractivity contribution in [3.63, 3.8) is 0 Å². The fourth-order valence-electron chi connectivity index (χ4n) is 1.33. The van der Waals surface area contributed by atoms with Crippen LogP contribution in [0.2, 0.25) is 0 Å². The van der Waals surface area contributed by atoms with Crippen LogP contribution in [0.15, 0.2) is 29.5 Å². The summed E-state index contributed by atoms with van der Waals surface area (Å²) in [5.74, 6) is -1.08. The maximum absolute atomic E-state index is 11.5. The van der Waals surface area contributed by atoms with Crippen molar-refractivity contribution in [3.8, 4) is 0 Å². The second-order valence-corrected chi connectivity index (χ2v) is 4.67. The molecule has 1 aliphatic heterocycles. The summed E-state index contributed by atoms with van der Waals surface area (Å²) in [5.41, 5.74) is 0. The molecule has 1 aliphatic rings. The number of carbonyl (C=O) groups excluding carboxylic acids is 2. The molecule has 0 aromatic carbocycles. The zero-order chi connectivity index (χ0) is 13.5. The van der Waals surface area contributed by atoms with E-state index in [4.69, 9.17) is 14.2 Å². The summed E-state index contributed by atoms with van der Waals surface area (Å²) in [5, 5.41) is 4.57. The van der Waals surface area contributed by atoms with Crippen LogP contribution >= 0.6 is 11.3 Å². The molecule has 0 fully saturated rings. The Bertz CT molecular complexity index is 468. The summed E-state index contributed by atoms with van der Waals surface area (Å²) in [6.07, 6.45) is 1.19. The highest BCUT2D eigenvalue weighted by Crippen LogP contribution is 2.08. The van der Waals surface area contributed by atoms with Gasteiger partial charge in [0.05, 0.1) is 6.54 Å². The molecule has 0 aliphatic carbocycles. The molecule has 7 heteroatoms. The number of hydrogen-bond acceptors (Lipinski definition) is 6. The van der Waals surface area contributed by atoms with Gasteiger partial charge in [-0.15, -0.1) is 11.3 Å². The minimum Gasteiger partial charge on any atom is -0.493 e. The fourth-order valence-corrected chi connectivity index (χ4v) is 1.97. The normalized spacial score (nSPS) is 13.8. The van der Waals surface area contributed by atoms with Crippen molar-refractivity contribution in [3.05, 3.63) is 34.4 Å². The first-order valence-corrected chi connectivity index (χ1v) is 6.54. The van der Waals surface area contributed by atoms with E-state index in [2.05, 4.69) is 5.32 Å². The van der Waals surface area contributed by atoms with Gasteiger partial charge in [0.15, 0.2) is 6.61 Å². The van der Waals surface area contributed by atoms with Crippen molar-refractivity contribution >= 4 is 23.2 Å². The molecule has 2 heterocycles. The van der Waals surface area contributed by atoms with Crippen LogP contribution in [0.1, 0.15) is 4.88 Å². The van der Waals surface area contributed by atoms with Crippen LogP contribution in [0.5, 0.6) is 0 Å². The smallest absolute Gasteiger partial charge is 0.377 e. The predicted octanol–water partition coefficient (Wildman–Crippen LogP) is 0.796.